The van der Waals surface area contributed by atoms with Crippen LogP contribution in [0.3, 0.4) is 0 Å². The van der Waals surface area contributed by atoms with Gasteiger partial charge in [-0.3, -0.25) is 4.79 Å². The molecule has 6 heteroatoms. The van der Waals surface area contributed by atoms with Gasteiger partial charge in [-0.2, -0.15) is 0 Å². The third-order valence-electron chi connectivity index (χ3n) is 2.29. The Morgan fingerprint density at radius 3 is 2.53 bits per heavy atom. The molecule has 0 rings (SSSR count). The number of ether oxygens (including phenoxy) is 3. The summed E-state index contributed by atoms with van der Waals surface area (Å²) < 4.78 is 15.4. The van der Waals surface area contributed by atoms with Gasteiger partial charge in [0, 0.05) is 33.9 Å². The monoisotopic (exact) mass is 248 g/mol. The maximum Gasteiger partial charge on any atom is 0.222 e. The van der Waals surface area contributed by atoms with Gasteiger partial charge in [-0.15, -0.1) is 0 Å². The van der Waals surface area contributed by atoms with Gasteiger partial charge in [-0.05, 0) is 6.92 Å². The zero-order chi connectivity index (χ0) is 13.1. The van der Waals surface area contributed by atoms with Crippen LogP contribution in [0.5, 0.6) is 0 Å². The fourth-order valence-electron chi connectivity index (χ4n) is 1.35. The van der Waals surface area contributed by atoms with Crippen molar-refractivity contribution in [3.63, 3.8) is 0 Å². The van der Waals surface area contributed by atoms with Crippen molar-refractivity contribution >= 4 is 5.91 Å². The molecule has 0 aromatic heterocycles. The van der Waals surface area contributed by atoms with Crippen molar-refractivity contribution in [2.45, 2.75) is 25.6 Å². The molecular formula is C11H24N2O4. The molecule has 102 valence electrons. The number of methoxy groups -OCH3 is 2. The third kappa shape index (κ3) is 8.09. The summed E-state index contributed by atoms with van der Waals surface area (Å²) in [6, 6.07) is 0. The van der Waals surface area contributed by atoms with Gasteiger partial charge in [0.05, 0.1) is 25.2 Å². The zero-order valence-corrected chi connectivity index (χ0v) is 10.9. The lowest BCUT2D eigenvalue weighted by Crippen LogP contribution is -2.38. The lowest BCUT2D eigenvalue weighted by Gasteiger charge is -2.17. The molecule has 0 spiro atoms. The first-order valence-electron chi connectivity index (χ1n) is 5.77. The molecule has 0 bridgehead atoms. The predicted octanol–water partition coefficient (Wildman–Crippen LogP) is -0.482. The molecule has 2 unspecified atom stereocenters. The minimum absolute atomic E-state index is 0.0907. The van der Waals surface area contributed by atoms with Gasteiger partial charge in [-0.1, -0.05) is 0 Å². The molecule has 6 nitrogen and oxygen atoms in total. The second kappa shape index (κ2) is 10.5. The summed E-state index contributed by atoms with van der Waals surface area (Å²) in [5.41, 5.74) is 5.49. The van der Waals surface area contributed by atoms with Crippen molar-refractivity contribution in [2.24, 2.45) is 5.73 Å². The van der Waals surface area contributed by atoms with Crippen LogP contribution in [-0.2, 0) is 19.0 Å². The minimum atomic E-state index is -0.219. The molecule has 0 fully saturated rings. The Bertz CT molecular complexity index is 202. The van der Waals surface area contributed by atoms with E-state index in [1.54, 1.807) is 14.2 Å². The number of carbonyl (C=O) groups excluding carboxylic acids is 1. The van der Waals surface area contributed by atoms with Crippen LogP contribution in [-0.4, -0.2) is 58.6 Å². The number of rotatable bonds is 10. The van der Waals surface area contributed by atoms with E-state index >= 15 is 0 Å². The van der Waals surface area contributed by atoms with Crippen molar-refractivity contribution < 1.29 is 19.0 Å². The number of nitrogens with two attached hydrogens (primary N) is 1. The van der Waals surface area contributed by atoms with Crippen LogP contribution in [0.25, 0.3) is 0 Å². The second-order valence-electron chi connectivity index (χ2n) is 3.63. The highest BCUT2D eigenvalue weighted by Gasteiger charge is 2.14. The molecule has 0 aliphatic heterocycles. The maximum absolute atomic E-state index is 11.6. The SMILES string of the molecule is CCOC(CN)CC(=O)NCC(COC)OC. The third-order valence-corrected chi connectivity index (χ3v) is 2.29. The van der Waals surface area contributed by atoms with Crippen LogP contribution in [0, 0.1) is 0 Å². The lowest BCUT2D eigenvalue weighted by atomic mass is 10.2. The summed E-state index contributed by atoms with van der Waals surface area (Å²) in [5.74, 6) is -0.0907. The number of hydrogen-bond acceptors (Lipinski definition) is 5. The highest BCUT2D eigenvalue weighted by molar-refractivity contribution is 5.76. The van der Waals surface area contributed by atoms with E-state index in [1.807, 2.05) is 6.92 Å². The Kier molecular flexibility index (Phi) is 10.0. The summed E-state index contributed by atoms with van der Waals surface area (Å²) in [7, 11) is 3.17. The number of amides is 1. The predicted molar refractivity (Wildman–Crippen MR) is 64.8 cm³/mol. The van der Waals surface area contributed by atoms with Gasteiger partial charge in [0.25, 0.3) is 0 Å². The van der Waals surface area contributed by atoms with E-state index in [4.69, 9.17) is 19.9 Å². The zero-order valence-electron chi connectivity index (χ0n) is 10.9. The minimum Gasteiger partial charge on any atom is -0.382 e. The molecule has 0 aliphatic rings. The highest BCUT2D eigenvalue weighted by Crippen LogP contribution is 1.97. The summed E-state index contributed by atoms with van der Waals surface area (Å²) in [4.78, 5) is 11.6. The Balaban J connectivity index is 3.83. The van der Waals surface area contributed by atoms with E-state index in [2.05, 4.69) is 5.32 Å². The molecule has 1 amide bonds. The van der Waals surface area contributed by atoms with Gasteiger partial charge < -0.3 is 25.3 Å². The van der Waals surface area contributed by atoms with E-state index in [9.17, 15) is 4.79 Å². The second-order valence-corrected chi connectivity index (χ2v) is 3.63. The molecule has 0 aromatic carbocycles. The van der Waals surface area contributed by atoms with E-state index < -0.39 is 0 Å². The van der Waals surface area contributed by atoms with Crippen LogP contribution in [0.2, 0.25) is 0 Å². The van der Waals surface area contributed by atoms with E-state index in [0.29, 0.717) is 26.3 Å². The van der Waals surface area contributed by atoms with Crippen molar-refractivity contribution in [3.8, 4) is 0 Å². The van der Waals surface area contributed by atoms with Gasteiger partial charge >= 0.3 is 0 Å². The van der Waals surface area contributed by atoms with Crippen LogP contribution in [0.1, 0.15) is 13.3 Å². The molecule has 0 radical (unpaired) electrons. The molecule has 0 heterocycles. The fraction of sp³-hybridized carbons (Fsp3) is 0.909. The molecular weight excluding hydrogens is 224 g/mol. The largest absolute Gasteiger partial charge is 0.382 e. The van der Waals surface area contributed by atoms with Gasteiger partial charge in [0.1, 0.15) is 0 Å². The summed E-state index contributed by atoms with van der Waals surface area (Å²) in [5, 5.41) is 2.76. The first kappa shape index (κ1) is 16.3. The molecule has 0 aromatic rings. The molecule has 2 atom stereocenters. The van der Waals surface area contributed by atoms with E-state index in [1.165, 1.54) is 0 Å². The Morgan fingerprint density at radius 2 is 2.06 bits per heavy atom. The quantitative estimate of drug-likeness (QED) is 0.545. The van der Waals surface area contributed by atoms with Crippen molar-refractivity contribution in [3.05, 3.63) is 0 Å². The summed E-state index contributed by atoms with van der Waals surface area (Å²) in [6.07, 6.45) is -0.0795. The molecule has 0 saturated carbocycles. The van der Waals surface area contributed by atoms with Crippen LogP contribution < -0.4 is 11.1 Å². The fourth-order valence-corrected chi connectivity index (χ4v) is 1.35. The summed E-state index contributed by atoms with van der Waals surface area (Å²) >= 11 is 0. The number of carbonyl (C=O) groups is 1. The van der Waals surface area contributed by atoms with Crippen LogP contribution in [0.4, 0.5) is 0 Å². The molecule has 3 N–H and O–H groups in total. The molecule has 0 aliphatic carbocycles. The normalized spacial score (nSPS) is 14.4. The first-order valence-corrected chi connectivity index (χ1v) is 5.77. The van der Waals surface area contributed by atoms with Gasteiger partial charge in [0.2, 0.25) is 5.91 Å². The van der Waals surface area contributed by atoms with Gasteiger partial charge in [-0.25, -0.2) is 0 Å². The number of nitrogens with one attached hydrogen (secondary N) is 1. The Labute approximate surface area is 103 Å². The Hall–Kier alpha value is -0.690. The standard InChI is InChI=1S/C11H24N2O4/c1-4-17-9(6-12)5-11(14)13-7-10(16-3)8-15-2/h9-10H,4-8,12H2,1-3H3,(H,13,14). The van der Waals surface area contributed by atoms with Crippen molar-refractivity contribution in [1.82, 2.24) is 5.32 Å². The van der Waals surface area contributed by atoms with Crippen LogP contribution >= 0.6 is 0 Å². The van der Waals surface area contributed by atoms with E-state index in [-0.39, 0.29) is 24.5 Å². The smallest absolute Gasteiger partial charge is 0.222 e. The Morgan fingerprint density at radius 1 is 1.35 bits per heavy atom. The van der Waals surface area contributed by atoms with Gasteiger partial charge in [0.15, 0.2) is 0 Å². The number of hydrogen-bond donors (Lipinski definition) is 2. The maximum atomic E-state index is 11.6. The average Bonchev–Trinajstić information content (AvgIpc) is 2.33. The topological polar surface area (TPSA) is 82.8 Å². The first-order chi connectivity index (χ1) is 8.17. The van der Waals surface area contributed by atoms with E-state index in [0.717, 1.165) is 0 Å². The molecule has 0 saturated heterocycles. The average molecular weight is 248 g/mol. The molecule has 17 heavy (non-hydrogen) atoms. The van der Waals surface area contributed by atoms with Crippen LogP contribution in [0.15, 0.2) is 0 Å². The summed E-state index contributed by atoms with van der Waals surface area (Å²) in [6.45, 7) is 3.64. The van der Waals surface area contributed by atoms with Crippen molar-refractivity contribution in [1.29, 1.82) is 0 Å². The highest BCUT2D eigenvalue weighted by atomic mass is 16.5. The van der Waals surface area contributed by atoms with Crippen molar-refractivity contribution in [2.75, 3.05) is 40.5 Å². The lowest BCUT2D eigenvalue weighted by molar-refractivity contribution is -0.124.